The highest BCUT2D eigenvalue weighted by molar-refractivity contribution is 5.65. The van der Waals surface area contributed by atoms with Crippen molar-refractivity contribution in [2.24, 2.45) is 0 Å². The van der Waals surface area contributed by atoms with E-state index in [9.17, 15) is 8.78 Å². The number of methoxy groups -OCH3 is 1. The van der Waals surface area contributed by atoms with Crippen LogP contribution >= 0.6 is 0 Å². The van der Waals surface area contributed by atoms with Gasteiger partial charge in [-0.1, -0.05) is 30.3 Å². The maximum Gasteiger partial charge on any atom is 0.166 e. The summed E-state index contributed by atoms with van der Waals surface area (Å²) in [5, 5.41) is 0. The first kappa shape index (κ1) is 14.3. The van der Waals surface area contributed by atoms with Gasteiger partial charge in [0, 0.05) is 5.56 Å². The van der Waals surface area contributed by atoms with E-state index < -0.39 is 11.6 Å². The van der Waals surface area contributed by atoms with Crippen molar-refractivity contribution in [3.63, 3.8) is 0 Å². The van der Waals surface area contributed by atoms with E-state index in [0.717, 1.165) is 0 Å². The largest absolute Gasteiger partial charge is 0.497 e. The van der Waals surface area contributed by atoms with Crippen LogP contribution in [0, 0.1) is 11.6 Å². The lowest BCUT2D eigenvalue weighted by Gasteiger charge is -2.09. The summed E-state index contributed by atoms with van der Waals surface area (Å²) in [7, 11) is 1.56. The normalized spacial score (nSPS) is 10.3. The number of halogens is 2. The monoisotopic (exact) mass is 274 g/mol. The summed E-state index contributed by atoms with van der Waals surface area (Å²) in [6.07, 6.45) is 2.77. The van der Waals surface area contributed by atoms with Gasteiger partial charge in [-0.15, -0.1) is 6.58 Å². The molecule has 0 unspecified atom stereocenters. The van der Waals surface area contributed by atoms with Gasteiger partial charge < -0.3 is 4.74 Å². The molecule has 0 saturated heterocycles. The van der Waals surface area contributed by atoms with Crippen LogP contribution < -0.4 is 4.74 Å². The van der Waals surface area contributed by atoms with Gasteiger partial charge in [-0.25, -0.2) is 8.78 Å². The van der Waals surface area contributed by atoms with Crippen molar-refractivity contribution in [3.05, 3.63) is 66.3 Å². The molecule has 0 saturated carbocycles. The summed E-state index contributed by atoms with van der Waals surface area (Å²) in [5.74, 6) is -0.908. The Labute approximate surface area is 117 Å². The second kappa shape index (κ2) is 6.33. The van der Waals surface area contributed by atoms with E-state index in [0.29, 0.717) is 29.7 Å². The van der Waals surface area contributed by atoms with Crippen molar-refractivity contribution >= 4 is 0 Å². The van der Waals surface area contributed by atoms with Crippen molar-refractivity contribution in [1.29, 1.82) is 0 Å². The molecule has 0 atom stereocenters. The summed E-state index contributed by atoms with van der Waals surface area (Å²) < 4.78 is 33.2. The first-order valence-electron chi connectivity index (χ1n) is 6.39. The lowest BCUT2D eigenvalue weighted by atomic mass is 10.0. The van der Waals surface area contributed by atoms with Crippen molar-refractivity contribution in [2.45, 2.75) is 12.8 Å². The molecule has 0 amide bonds. The smallest absolute Gasteiger partial charge is 0.166 e. The first-order valence-corrected chi connectivity index (χ1v) is 6.39. The molecule has 0 spiro atoms. The van der Waals surface area contributed by atoms with Gasteiger partial charge in [0.25, 0.3) is 0 Å². The molecule has 2 rings (SSSR count). The molecular weight excluding hydrogens is 258 g/mol. The maximum absolute atomic E-state index is 14.1. The lowest BCUT2D eigenvalue weighted by Crippen LogP contribution is -1.97. The Kier molecular flexibility index (Phi) is 4.51. The highest BCUT2D eigenvalue weighted by atomic mass is 19.2. The van der Waals surface area contributed by atoms with Crippen LogP contribution in [-0.4, -0.2) is 7.11 Å². The van der Waals surface area contributed by atoms with Crippen LogP contribution in [0.1, 0.15) is 12.0 Å². The van der Waals surface area contributed by atoms with Crippen molar-refractivity contribution in [2.75, 3.05) is 7.11 Å². The molecule has 104 valence electrons. The third-order valence-electron chi connectivity index (χ3n) is 3.18. The Morgan fingerprint density at radius 1 is 1.05 bits per heavy atom. The third-order valence-corrected chi connectivity index (χ3v) is 3.18. The van der Waals surface area contributed by atoms with Crippen LogP contribution in [-0.2, 0) is 6.42 Å². The third kappa shape index (κ3) is 2.87. The zero-order valence-corrected chi connectivity index (χ0v) is 11.3. The van der Waals surface area contributed by atoms with Crippen LogP contribution in [0.5, 0.6) is 5.75 Å². The molecule has 3 heteroatoms. The predicted octanol–water partition coefficient (Wildman–Crippen LogP) is 4.76. The second-order valence-electron chi connectivity index (χ2n) is 4.46. The Morgan fingerprint density at radius 2 is 1.75 bits per heavy atom. The summed E-state index contributed by atoms with van der Waals surface area (Å²) in [6, 6.07) is 10.1. The Bertz CT molecular complexity index is 603. The molecular formula is C17H16F2O. The van der Waals surface area contributed by atoms with Crippen LogP contribution in [0.2, 0.25) is 0 Å². The topological polar surface area (TPSA) is 9.23 Å². The van der Waals surface area contributed by atoms with E-state index in [1.807, 2.05) is 0 Å². The van der Waals surface area contributed by atoms with Gasteiger partial charge in [-0.3, -0.25) is 0 Å². The number of ether oxygens (including phenoxy) is 1. The minimum Gasteiger partial charge on any atom is -0.497 e. The van der Waals surface area contributed by atoms with E-state index >= 15 is 0 Å². The van der Waals surface area contributed by atoms with Gasteiger partial charge in [-0.2, -0.15) is 0 Å². The van der Waals surface area contributed by atoms with Crippen LogP contribution in [0.3, 0.4) is 0 Å². The van der Waals surface area contributed by atoms with E-state index in [1.54, 1.807) is 49.6 Å². The molecule has 0 bridgehead atoms. The Morgan fingerprint density at radius 3 is 2.35 bits per heavy atom. The standard InChI is InChI=1S/C17H16F2O/c1-3-4-5-13-8-11-15(17(19)16(13)18)12-6-9-14(20-2)10-7-12/h3,6-11H,1,4-5H2,2H3. The molecule has 1 nitrogen and oxygen atoms in total. The fourth-order valence-corrected chi connectivity index (χ4v) is 2.03. The predicted molar refractivity (Wildman–Crippen MR) is 76.9 cm³/mol. The van der Waals surface area contributed by atoms with Gasteiger partial charge in [-0.05, 0) is 36.1 Å². The molecule has 0 heterocycles. The fourth-order valence-electron chi connectivity index (χ4n) is 2.03. The number of hydrogen-bond donors (Lipinski definition) is 0. The molecule has 20 heavy (non-hydrogen) atoms. The van der Waals surface area contributed by atoms with Crippen LogP contribution in [0.25, 0.3) is 11.1 Å². The fraction of sp³-hybridized carbons (Fsp3) is 0.176. The molecule has 0 radical (unpaired) electrons. The minimum atomic E-state index is -0.809. The van der Waals surface area contributed by atoms with Crippen molar-refractivity contribution in [3.8, 4) is 16.9 Å². The average Bonchev–Trinajstić information content (AvgIpc) is 2.49. The first-order chi connectivity index (χ1) is 9.67. The van der Waals surface area contributed by atoms with E-state index in [1.165, 1.54) is 0 Å². The van der Waals surface area contributed by atoms with Gasteiger partial charge in [0.1, 0.15) is 5.75 Å². The molecule has 0 aliphatic carbocycles. The summed E-state index contributed by atoms with van der Waals surface area (Å²) in [5.41, 5.74) is 1.25. The molecule has 0 aromatic heterocycles. The number of rotatable bonds is 5. The maximum atomic E-state index is 14.1. The van der Waals surface area contributed by atoms with Gasteiger partial charge in [0.05, 0.1) is 7.11 Å². The Balaban J connectivity index is 2.37. The van der Waals surface area contributed by atoms with E-state index in [4.69, 9.17) is 4.74 Å². The zero-order valence-electron chi connectivity index (χ0n) is 11.3. The number of allylic oxidation sites excluding steroid dienone is 1. The van der Waals surface area contributed by atoms with E-state index in [2.05, 4.69) is 6.58 Å². The molecule has 2 aromatic rings. The molecule has 2 aromatic carbocycles. The summed E-state index contributed by atoms with van der Waals surface area (Å²) in [6.45, 7) is 3.58. The molecule has 0 aliphatic rings. The van der Waals surface area contributed by atoms with Crippen molar-refractivity contribution in [1.82, 2.24) is 0 Å². The summed E-state index contributed by atoms with van der Waals surface area (Å²) >= 11 is 0. The van der Waals surface area contributed by atoms with Gasteiger partial charge in [0.15, 0.2) is 11.6 Å². The zero-order chi connectivity index (χ0) is 14.5. The van der Waals surface area contributed by atoms with Gasteiger partial charge in [0.2, 0.25) is 0 Å². The quantitative estimate of drug-likeness (QED) is 0.714. The molecule has 0 aliphatic heterocycles. The van der Waals surface area contributed by atoms with Crippen LogP contribution in [0.4, 0.5) is 8.78 Å². The molecule has 0 N–H and O–H groups in total. The summed E-state index contributed by atoms with van der Waals surface area (Å²) in [4.78, 5) is 0. The Hall–Kier alpha value is -2.16. The number of benzene rings is 2. The number of hydrogen-bond acceptors (Lipinski definition) is 1. The highest BCUT2D eigenvalue weighted by Gasteiger charge is 2.14. The highest BCUT2D eigenvalue weighted by Crippen LogP contribution is 2.28. The average molecular weight is 274 g/mol. The van der Waals surface area contributed by atoms with E-state index in [-0.39, 0.29) is 5.56 Å². The lowest BCUT2D eigenvalue weighted by molar-refractivity contribution is 0.415. The van der Waals surface area contributed by atoms with Crippen molar-refractivity contribution < 1.29 is 13.5 Å². The number of aryl methyl sites for hydroxylation is 1. The minimum absolute atomic E-state index is 0.257. The van der Waals surface area contributed by atoms with Crippen LogP contribution in [0.15, 0.2) is 49.1 Å². The van der Waals surface area contributed by atoms with Gasteiger partial charge >= 0.3 is 0 Å². The second-order valence-corrected chi connectivity index (χ2v) is 4.46. The molecule has 0 fully saturated rings. The SMILES string of the molecule is C=CCCc1ccc(-c2ccc(OC)cc2)c(F)c1F.